The minimum absolute atomic E-state index is 0.305. The summed E-state index contributed by atoms with van der Waals surface area (Å²) in [5.74, 6) is 1.54. The molecule has 3 aromatic heterocycles. The van der Waals surface area contributed by atoms with Gasteiger partial charge in [-0.3, -0.25) is 4.68 Å². The Bertz CT molecular complexity index is 978. The van der Waals surface area contributed by atoms with Crippen LogP contribution in [0.2, 0.25) is 5.15 Å². The number of fused-ring (bicyclic) bond motifs is 2. The molecule has 0 saturated heterocycles. The molecule has 27 heavy (non-hydrogen) atoms. The summed E-state index contributed by atoms with van der Waals surface area (Å²) in [4.78, 5) is 9.03. The molecule has 4 rings (SSSR count). The normalized spacial score (nSPS) is 15.3. The molecule has 0 aromatic carbocycles. The van der Waals surface area contributed by atoms with E-state index in [9.17, 15) is 0 Å². The molecule has 0 spiro atoms. The zero-order valence-electron chi connectivity index (χ0n) is 16.0. The molecule has 8 nitrogen and oxygen atoms in total. The number of halogens is 1. The van der Waals surface area contributed by atoms with Crippen LogP contribution in [0.3, 0.4) is 0 Å². The van der Waals surface area contributed by atoms with E-state index in [2.05, 4.69) is 45.8 Å². The Balaban J connectivity index is 1.81. The highest BCUT2D eigenvalue weighted by Gasteiger charge is 2.24. The van der Waals surface area contributed by atoms with E-state index < -0.39 is 0 Å². The molecule has 0 amide bonds. The van der Waals surface area contributed by atoms with Crippen LogP contribution in [0.25, 0.3) is 11.0 Å². The highest BCUT2D eigenvalue weighted by molar-refractivity contribution is 6.34. The van der Waals surface area contributed by atoms with Crippen molar-refractivity contribution in [1.82, 2.24) is 29.5 Å². The summed E-state index contributed by atoms with van der Waals surface area (Å²) in [6.07, 6.45) is 3.48. The zero-order chi connectivity index (χ0) is 19.1. The molecule has 1 unspecified atom stereocenters. The molecule has 4 heterocycles. The van der Waals surface area contributed by atoms with Gasteiger partial charge < -0.3 is 10.1 Å². The molecule has 0 saturated carbocycles. The first kappa shape index (κ1) is 18.0. The number of rotatable bonds is 3. The second kappa shape index (κ2) is 6.99. The summed E-state index contributed by atoms with van der Waals surface area (Å²) < 4.78 is 9.88. The Hall–Kier alpha value is -2.35. The van der Waals surface area contributed by atoms with Crippen LogP contribution in [0, 0.1) is 12.8 Å². The lowest BCUT2D eigenvalue weighted by molar-refractivity contribution is 0.273. The van der Waals surface area contributed by atoms with Gasteiger partial charge in [-0.05, 0) is 19.3 Å². The van der Waals surface area contributed by atoms with Crippen LogP contribution in [0.5, 0.6) is 5.88 Å². The standard InChI is InChI=1S/C18H24ClN7O/c1-5-13(10(2)3)26-11(4)14-17(24-26)27-8-6-7-25-16-12(15(19)23-25)9-20-18(21-14)22-16/h9-10,13H,5-8H2,1-4H3,(H,20,21,22). The van der Waals surface area contributed by atoms with Crippen LogP contribution >= 0.6 is 11.6 Å². The Morgan fingerprint density at radius 3 is 2.89 bits per heavy atom. The molecule has 1 aliphatic heterocycles. The number of nitrogens with one attached hydrogen (secondary N) is 1. The van der Waals surface area contributed by atoms with Gasteiger partial charge in [0.2, 0.25) is 5.95 Å². The van der Waals surface area contributed by atoms with Crippen molar-refractivity contribution >= 4 is 34.3 Å². The fourth-order valence-corrected chi connectivity index (χ4v) is 3.84. The van der Waals surface area contributed by atoms with Crippen molar-refractivity contribution < 1.29 is 4.74 Å². The monoisotopic (exact) mass is 389 g/mol. The molecular formula is C18H24ClN7O. The van der Waals surface area contributed by atoms with E-state index in [0.29, 0.717) is 42.1 Å². The maximum atomic E-state index is 6.21. The van der Waals surface area contributed by atoms with Crippen molar-refractivity contribution in [2.75, 3.05) is 11.9 Å². The van der Waals surface area contributed by atoms with Gasteiger partial charge in [0.25, 0.3) is 5.88 Å². The number of anilines is 2. The van der Waals surface area contributed by atoms with Gasteiger partial charge in [0.05, 0.1) is 23.7 Å². The Kier molecular flexibility index (Phi) is 4.67. The summed E-state index contributed by atoms with van der Waals surface area (Å²) in [7, 11) is 0. The van der Waals surface area contributed by atoms with Crippen molar-refractivity contribution in [3.8, 4) is 5.88 Å². The second-order valence-corrected chi connectivity index (χ2v) is 7.56. The SMILES string of the molecule is CCC(C(C)C)n1nc2c(c1C)Nc1ncc3c(Cl)nn(c3n1)CCCO2. The van der Waals surface area contributed by atoms with Crippen molar-refractivity contribution in [2.24, 2.45) is 5.92 Å². The first-order valence-electron chi connectivity index (χ1n) is 9.37. The highest BCUT2D eigenvalue weighted by atomic mass is 35.5. The second-order valence-electron chi connectivity index (χ2n) is 7.20. The molecule has 144 valence electrons. The Morgan fingerprint density at radius 1 is 1.33 bits per heavy atom. The van der Waals surface area contributed by atoms with Crippen LogP contribution in [-0.4, -0.2) is 36.1 Å². The summed E-state index contributed by atoms with van der Waals surface area (Å²) in [6, 6.07) is 0.305. The van der Waals surface area contributed by atoms with Gasteiger partial charge in [0, 0.05) is 19.2 Å². The van der Waals surface area contributed by atoms with Gasteiger partial charge in [0.15, 0.2) is 10.8 Å². The van der Waals surface area contributed by atoms with Crippen molar-refractivity contribution in [3.63, 3.8) is 0 Å². The molecular weight excluding hydrogens is 366 g/mol. The first-order chi connectivity index (χ1) is 13.0. The van der Waals surface area contributed by atoms with Gasteiger partial charge in [-0.1, -0.05) is 32.4 Å². The lowest BCUT2D eigenvalue weighted by atomic mass is 10.0. The molecule has 9 heteroatoms. The number of hydrogen-bond acceptors (Lipinski definition) is 6. The lowest BCUT2D eigenvalue weighted by Gasteiger charge is -2.21. The fraction of sp³-hybridized carbons (Fsp3) is 0.556. The molecule has 3 aromatic rings. The first-order valence-corrected chi connectivity index (χ1v) is 9.75. The van der Waals surface area contributed by atoms with Gasteiger partial charge in [-0.2, -0.15) is 10.1 Å². The molecule has 1 N–H and O–H groups in total. The van der Waals surface area contributed by atoms with E-state index >= 15 is 0 Å². The maximum Gasteiger partial charge on any atom is 0.257 e. The Morgan fingerprint density at radius 2 is 2.15 bits per heavy atom. The maximum absolute atomic E-state index is 6.21. The molecule has 1 aliphatic rings. The summed E-state index contributed by atoms with van der Waals surface area (Å²) in [5.41, 5.74) is 2.55. The average molecular weight is 390 g/mol. The Labute approximate surface area is 162 Å². The fourth-order valence-electron chi connectivity index (χ4n) is 3.62. The predicted octanol–water partition coefficient (Wildman–Crippen LogP) is 4.12. The summed E-state index contributed by atoms with van der Waals surface area (Å²) >= 11 is 6.21. The molecule has 1 atom stereocenters. The van der Waals surface area contributed by atoms with E-state index in [1.165, 1.54) is 0 Å². The highest BCUT2D eigenvalue weighted by Crippen LogP contribution is 2.35. The van der Waals surface area contributed by atoms with Crippen molar-refractivity contribution in [1.29, 1.82) is 0 Å². The van der Waals surface area contributed by atoms with Crippen molar-refractivity contribution in [2.45, 2.75) is 53.1 Å². The van der Waals surface area contributed by atoms with E-state index in [-0.39, 0.29) is 0 Å². The summed E-state index contributed by atoms with van der Waals surface area (Å²) in [5, 5.41) is 13.6. The smallest absolute Gasteiger partial charge is 0.257 e. The van der Waals surface area contributed by atoms with Crippen LogP contribution < -0.4 is 10.1 Å². The largest absolute Gasteiger partial charge is 0.475 e. The average Bonchev–Trinajstić information content (AvgIpc) is 3.10. The molecule has 0 radical (unpaired) electrons. The third-order valence-corrected chi connectivity index (χ3v) is 5.33. The number of ether oxygens (including phenoxy) is 1. The van der Waals surface area contributed by atoms with Crippen LogP contribution in [0.15, 0.2) is 6.20 Å². The number of aromatic nitrogens is 6. The van der Waals surface area contributed by atoms with E-state index in [4.69, 9.17) is 21.4 Å². The minimum Gasteiger partial charge on any atom is -0.475 e. The third-order valence-electron chi connectivity index (χ3n) is 5.05. The molecule has 0 aliphatic carbocycles. The van der Waals surface area contributed by atoms with Crippen LogP contribution in [-0.2, 0) is 6.54 Å². The number of aryl methyl sites for hydroxylation is 1. The molecule has 0 fully saturated rings. The topological polar surface area (TPSA) is 82.7 Å². The number of hydrogen-bond donors (Lipinski definition) is 1. The predicted molar refractivity (Wildman–Crippen MR) is 105 cm³/mol. The van der Waals surface area contributed by atoms with Gasteiger partial charge in [0.1, 0.15) is 5.69 Å². The van der Waals surface area contributed by atoms with E-state index in [0.717, 1.165) is 35.3 Å². The van der Waals surface area contributed by atoms with Crippen LogP contribution in [0.4, 0.5) is 11.6 Å². The van der Waals surface area contributed by atoms with Crippen molar-refractivity contribution in [3.05, 3.63) is 17.0 Å². The van der Waals surface area contributed by atoms with E-state index in [1.54, 1.807) is 10.9 Å². The van der Waals surface area contributed by atoms with Gasteiger partial charge >= 0.3 is 0 Å². The number of nitrogens with zero attached hydrogens (tertiary/aromatic N) is 6. The minimum atomic E-state index is 0.305. The van der Waals surface area contributed by atoms with Crippen LogP contribution in [0.1, 0.15) is 45.3 Å². The van der Waals surface area contributed by atoms with Gasteiger partial charge in [-0.15, -0.1) is 5.10 Å². The summed E-state index contributed by atoms with van der Waals surface area (Å²) in [6.45, 7) is 9.85. The zero-order valence-corrected chi connectivity index (χ0v) is 16.8. The van der Waals surface area contributed by atoms with E-state index in [1.807, 2.05) is 6.92 Å². The quantitative estimate of drug-likeness (QED) is 0.725. The van der Waals surface area contributed by atoms with Gasteiger partial charge in [-0.25, -0.2) is 9.67 Å². The lowest BCUT2D eigenvalue weighted by Crippen LogP contribution is -2.17. The molecule has 2 bridgehead atoms. The third kappa shape index (κ3) is 3.12.